The molecule has 146 valence electrons. The van der Waals surface area contributed by atoms with Gasteiger partial charge in [-0.3, -0.25) is 0 Å². The van der Waals surface area contributed by atoms with Crippen LogP contribution >= 0.6 is 0 Å². The number of ether oxygens (including phenoxy) is 2. The summed E-state index contributed by atoms with van der Waals surface area (Å²) in [5, 5.41) is 19.7. The number of benzene rings is 1. The topological polar surface area (TPSA) is 78.6 Å². The minimum atomic E-state index is -0.338. The Balaban J connectivity index is 1.48. The third-order valence-corrected chi connectivity index (χ3v) is 7.25. The fraction of sp³-hybridized carbons (Fsp3) is 0.391. The summed E-state index contributed by atoms with van der Waals surface area (Å²) in [5.41, 5.74) is 2.75. The fourth-order valence-electron chi connectivity index (χ4n) is 6.00. The fourth-order valence-corrected chi connectivity index (χ4v) is 6.00. The van der Waals surface area contributed by atoms with Gasteiger partial charge in [0.05, 0.1) is 11.6 Å². The molecular weight excluding hydrogens is 366 g/mol. The van der Waals surface area contributed by atoms with E-state index in [0.29, 0.717) is 29.2 Å². The van der Waals surface area contributed by atoms with Crippen LogP contribution in [0, 0.1) is 17.2 Å². The lowest BCUT2D eigenvalue weighted by Gasteiger charge is -2.56. The van der Waals surface area contributed by atoms with E-state index in [1.807, 2.05) is 0 Å². The predicted molar refractivity (Wildman–Crippen MR) is 105 cm³/mol. The molecular formula is C23H21N3O3. The quantitative estimate of drug-likeness (QED) is 0.798. The van der Waals surface area contributed by atoms with E-state index in [9.17, 15) is 10.4 Å². The molecule has 6 heteroatoms. The van der Waals surface area contributed by atoms with Crippen molar-refractivity contribution in [1.29, 1.82) is 5.26 Å². The van der Waals surface area contributed by atoms with Gasteiger partial charge in [-0.2, -0.15) is 5.26 Å². The molecule has 6 nitrogen and oxygen atoms in total. The summed E-state index contributed by atoms with van der Waals surface area (Å²) in [6.07, 6.45) is 7.29. The van der Waals surface area contributed by atoms with E-state index >= 15 is 0 Å². The summed E-state index contributed by atoms with van der Waals surface area (Å²) < 4.78 is 12.7. The van der Waals surface area contributed by atoms with Gasteiger partial charge in [0.25, 0.3) is 0 Å². The smallest absolute Gasteiger partial charge is 0.215 e. The van der Waals surface area contributed by atoms with Gasteiger partial charge in [-0.25, -0.2) is 4.98 Å². The van der Waals surface area contributed by atoms with Crippen molar-refractivity contribution in [2.75, 3.05) is 13.6 Å². The van der Waals surface area contributed by atoms with Gasteiger partial charge in [-0.1, -0.05) is 12.1 Å². The van der Waals surface area contributed by atoms with E-state index in [4.69, 9.17) is 9.47 Å². The molecule has 0 saturated carbocycles. The number of phenols is 1. The van der Waals surface area contributed by atoms with Crippen LogP contribution in [0.2, 0.25) is 0 Å². The van der Waals surface area contributed by atoms with Crippen molar-refractivity contribution in [3.8, 4) is 23.4 Å². The number of rotatable bonds is 2. The molecule has 1 aromatic carbocycles. The Hall–Kier alpha value is -3.04. The molecule has 0 unspecified atom stereocenters. The van der Waals surface area contributed by atoms with E-state index in [2.05, 4.69) is 41.2 Å². The maximum atomic E-state index is 10.6. The Labute approximate surface area is 169 Å². The highest BCUT2D eigenvalue weighted by molar-refractivity contribution is 5.61. The van der Waals surface area contributed by atoms with Crippen LogP contribution in [0.5, 0.6) is 17.4 Å². The average Bonchev–Trinajstić information content (AvgIpc) is 3.09. The number of likely N-dealkylation sites (N-methyl/N-ethyl adjacent to an activating group) is 1. The maximum Gasteiger partial charge on any atom is 0.215 e. The number of aromatic nitrogens is 1. The average molecular weight is 387 g/mol. The molecule has 2 aromatic rings. The Morgan fingerprint density at radius 3 is 3.10 bits per heavy atom. The second kappa shape index (κ2) is 5.74. The highest BCUT2D eigenvalue weighted by Gasteiger charge is 2.64. The van der Waals surface area contributed by atoms with Crippen LogP contribution in [0.15, 0.2) is 42.6 Å². The van der Waals surface area contributed by atoms with Gasteiger partial charge in [0.2, 0.25) is 5.88 Å². The number of aromatic hydroxyl groups is 1. The SMILES string of the molecule is CN1CC[C@]23c4c5ccc(O)c4O[C@H]2[C@@H](Oc2cc(C#N)ccn2)C=C[C@H]3[C@H]1C5. The number of phenolic OH excluding ortho intramolecular Hbond substituents is 1. The summed E-state index contributed by atoms with van der Waals surface area (Å²) >= 11 is 0. The van der Waals surface area contributed by atoms with E-state index in [0.717, 1.165) is 19.4 Å². The minimum Gasteiger partial charge on any atom is -0.504 e. The number of nitriles is 1. The molecule has 1 aromatic heterocycles. The summed E-state index contributed by atoms with van der Waals surface area (Å²) in [5.74, 6) is 1.56. The molecule has 1 saturated heterocycles. The van der Waals surface area contributed by atoms with Crippen LogP contribution < -0.4 is 9.47 Å². The normalized spacial score (nSPS) is 33.5. The van der Waals surface area contributed by atoms with Crippen LogP contribution in [0.1, 0.15) is 23.1 Å². The first-order valence-corrected chi connectivity index (χ1v) is 10.0. The zero-order chi connectivity index (χ0) is 19.8. The second-order valence-corrected chi connectivity index (χ2v) is 8.52. The molecule has 4 aliphatic rings. The first kappa shape index (κ1) is 16.9. The Morgan fingerprint density at radius 2 is 2.24 bits per heavy atom. The molecule has 0 radical (unpaired) electrons. The first-order chi connectivity index (χ1) is 14.1. The molecule has 5 atom stereocenters. The van der Waals surface area contributed by atoms with E-state index in [1.54, 1.807) is 24.4 Å². The molecule has 1 fully saturated rings. The summed E-state index contributed by atoms with van der Waals surface area (Å²) in [6.45, 7) is 0.984. The van der Waals surface area contributed by atoms with Crippen molar-refractivity contribution >= 4 is 0 Å². The van der Waals surface area contributed by atoms with Crippen molar-refractivity contribution in [2.45, 2.75) is 36.5 Å². The zero-order valence-corrected chi connectivity index (χ0v) is 16.1. The van der Waals surface area contributed by atoms with E-state index < -0.39 is 0 Å². The molecule has 2 bridgehead atoms. The third kappa shape index (κ3) is 2.11. The zero-order valence-electron chi connectivity index (χ0n) is 16.1. The van der Waals surface area contributed by atoms with Crippen molar-refractivity contribution in [1.82, 2.24) is 9.88 Å². The van der Waals surface area contributed by atoms with Gasteiger partial charge >= 0.3 is 0 Å². The Kier molecular flexibility index (Phi) is 3.34. The first-order valence-electron chi connectivity index (χ1n) is 10.0. The van der Waals surface area contributed by atoms with Crippen molar-refractivity contribution in [3.63, 3.8) is 0 Å². The third-order valence-electron chi connectivity index (χ3n) is 7.25. The summed E-state index contributed by atoms with van der Waals surface area (Å²) in [7, 11) is 2.20. The van der Waals surface area contributed by atoms with Crippen LogP contribution in [-0.2, 0) is 11.8 Å². The summed E-state index contributed by atoms with van der Waals surface area (Å²) in [4.78, 5) is 6.73. The molecule has 29 heavy (non-hydrogen) atoms. The molecule has 3 heterocycles. The number of hydrogen-bond donors (Lipinski definition) is 1. The predicted octanol–water partition coefficient (Wildman–Crippen LogP) is 2.55. The standard InChI is InChI=1S/C23H21N3O3/c1-26-9-7-23-15-3-5-18(28-19-10-13(12-24)6-8-25-19)22(23)29-21-17(27)4-2-14(20(21)23)11-16(15)26/h2-6,8,10,15-16,18,22,27H,7,9,11H2,1H3/t15-,16+,18-,22-,23-/m0/s1. The lowest BCUT2D eigenvalue weighted by Crippen LogP contribution is -2.65. The monoisotopic (exact) mass is 387 g/mol. The Morgan fingerprint density at radius 1 is 1.34 bits per heavy atom. The molecule has 6 rings (SSSR count). The lowest BCUT2D eigenvalue weighted by atomic mass is 9.53. The van der Waals surface area contributed by atoms with Gasteiger partial charge in [-0.15, -0.1) is 0 Å². The van der Waals surface area contributed by atoms with Crippen molar-refractivity contribution in [3.05, 3.63) is 59.3 Å². The van der Waals surface area contributed by atoms with Crippen molar-refractivity contribution in [2.24, 2.45) is 5.92 Å². The Bertz CT molecular complexity index is 1090. The van der Waals surface area contributed by atoms with Crippen molar-refractivity contribution < 1.29 is 14.6 Å². The molecule has 1 spiro atoms. The van der Waals surface area contributed by atoms with Gasteiger partial charge in [0, 0.05) is 35.2 Å². The van der Waals surface area contributed by atoms with Gasteiger partial charge in [-0.05, 0) is 50.2 Å². The lowest BCUT2D eigenvalue weighted by molar-refractivity contribution is -0.0391. The number of hydrogen-bond acceptors (Lipinski definition) is 6. The highest BCUT2D eigenvalue weighted by atomic mass is 16.6. The number of likely N-dealkylation sites (tertiary alicyclic amines) is 1. The maximum absolute atomic E-state index is 10.6. The second-order valence-electron chi connectivity index (χ2n) is 8.52. The number of nitrogens with zero attached hydrogens (tertiary/aromatic N) is 3. The molecule has 2 aliphatic carbocycles. The minimum absolute atomic E-state index is 0.201. The van der Waals surface area contributed by atoms with Gasteiger partial charge < -0.3 is 19.5 Å². The summed E-state index contributed by atoms with van der Waals surface area (Å²) in [6, 6.07) is 9.65. The molecule has 2 aliphatic heterocycles. The van der Waals surface area contributed by atoms with E-state index in [-0.39, 0.29) is 23.4 Å². The van der Waals surface area contributed by atoms with Crippen LogP contribution in [-0.4, -0.2) is 46.8 Å². The van der Waals surface area contributed by atoms with Crippen LogP contribution in [0.3, 0.4) is 0 Å². The van der Waals surface area contributed by atoms with Crippen LogP contribution in [0.4, 0.5) is 0 Å². The molecule has 0 amide bonds. The van der Waals surface area contributed by atoms with Crippen LogP contribution in [0.25, 0.3) is 0 Å². The largest absolute Gasteiger partial charge is 0.504 e. The van der Waals surface area contributed by atoms with Gasteiger partial charge in [0.1, 0.15) is 6.10 Å². The number of pyridine rings is 1. The highest BCUT2D eigenvalue weighted by Crippen LogP contribution is 2.62. The van der Waals surface area contributed by atoms with E-state index in [1.165, 1.54) is 11.1 Å². The number of piperidine rings is 1. The molecule has 1 N–H and O–H groups in total. The van der Waals surface area contributed by atoms with Gasteiger partial charge in [0.15, 0.2) is 17.6 Å².